The standard InChI is InChI=1S/C23H36N4O2/c1-18(2)20-9-7-8-19(3)23(20)24-21(28)16-25-12-14-26(15-13-25)17-22(29)27-10-5-4-6-11-27/h7-9,18H,4-6,10-17H2,1-3H3,(H,24,28). The quantitative estimate of drug-likeness (QED) is 0.798. The van der Waals surface area contributed by atoms with E-state index in [4.69, 9.17) is 0 Å². The van der Waals surface area contributed by atoms with Crippen molar-refractivity contribution in [1.82, 2.24) is 14.7 Å². The zero-order valence-corrected chi connectivity index (χ0v) is 18.2. The molecule has 29 heavy (non-hydrogen) atoms. The smallest absolute Gasteiger partial charge is 0.238 e. The summed E-state index contributed by atoms with van der Waals surface area (Å²) in [5.74, 6) is 0.668. The lowest BCUT2D eigenvalue weighted by Gasteiger charge is -2.35. The lowest BCUT2D eigenvalue weighted by atomic mass is 9.98. The summed E-state index contributed by atoms with van der Waals surface area (Å²) >= 11 is 0. The summed E-state index contributed by atoms with van der Waals surface area (Å²) in [6, 6.07) is 6.18. The Labute approximate surface area is 175 Å². The predicted octanol–water partition coefficient (Wildman–Crippen LogP) is 2.69. The molecule has 2 saturated heterocycles. The number of benzene rings is 1. The lowest BCUT2D eigenvalue weighted by molar-refractivity contribution is -0.134. The van der Waals surface area contributed by atoms with Crippen molar-refractivity contribution < 1.29 is 9.59 Å². The minimum Gasteiger partial charge on any atom is -0.342 e. The van der Waals surface area contributed by atoms with Crippen molar-refractivity contribution in [3.05, 3.63) is 29.3 Å². The van der Waals surface area contributed by atoms with Gasteiger partial charge >= 0.3 is 0 Å². The molecule has 2 aliphatic rings. The molecule has 1 aromatic carbocycles. The van der Waals surface area contributed by atoms with Crippen molar-refractivity contribution in [2.45, 2.75) is 46.0 Å². The Bertz CT molecular complexity index is 705. The van der Waals surface area contributed by atoms with Crippen molar-refractivity contribution in [2.24, 2.45) is 0 Å². The number of hydrogen-bond acceptors (Lipinski definition) is 4. The van der Waals surface area contributed by atoms with Crippen LogP contribution in [0.25, 0.3) is 0 Å². The molecule has 6 heteroatoms. The van der Waals surface area contributed by atoms with E-state index < -0.39 is 0 Å². The number of piperazine rings is 1. The summed E-state index contributed by atoms with van der Waals surface area (Å²) in [6.45, 7) is 12.4. The number of likely N-dealkylation sites (tertiary alicyclic amines) is 1. The minimum absolute atomic E-state index is 0.0408. The summed E-state index contributed by atoms with van der Waals surface area (Å²) in [6.07, 6.45) is 3.51. The topological polar surface area (TPSA) is 55.9 Å². The Hall–Kier alpha value is -1.92. The van der Waals surface area contributed by atoms with Crippen LogP contribution in [0.2, 0.25) is 0 Å². The van der Waals surface area contributed by atoms with Crippen molar-refractivity contribution in [2.75, 3.05) is 57.7 Å². The van der Waals surface area contributed by atoms with E-state index in [0.717, 1.165) is 63.4 Å². The molecule has 0 aliphatic carbocycles. The molecule has 2 aliphatic heterocycles. The van der Waals surface area contributed by atoms with Gasteiger partial charge in [-0.25, -0.2) is 0 Å². The highest BCUT2D eigenvalue weighted by atomic mass is 16.2. The van der Waals surface area contributed by atoms with Crippen LogP contribution in [-0.2, 0) is 9.59 Å². The number of carbonyl (C=O) groups is 2. The van der Waals surface area contributed by atoms with E-state index in [1.54, 1.807) is 0 Å². The van der Waals surface area contributed by atoms with Crippen LogP contribution < -0.4 is 5.32 Å². The third-order valence-electron chi connectivity index (χ3n) is 6.09. The average Bonchev–Trinajstić information content (AvgIpc) is 2.71. The van der Waals surface area contributed by atoms with E-state index in [2.05, 4.69) is 35.0 Å². The summed E-state index contributed by atoms with van der Waals surface area (Å²) < 4.78 is 0. The second-order valence-corrected chi connectivity index (χ2v) is 8.74. The molecule has 160 valence electrons. The summed E-state index contributed by atoms with van der Waals surface area (Å²) in [4.78, 5) is 31.5. The fourth-order valence-corrected chi connectivity index (χ4v) is 4.26. The van der Waals surface area contributed by atoms with E-state index in [-0.39, 0.29) is 11.8 Å². The van der Waals surface area contributed by atoms with Crippen molar-refractivity contribution in [3.8, 4) is 0 Å². The van der Waals surface area contributed by atoms with Gasteiger partial charge in [0.05, 0.1) is 13.1 Å². The highest BCUT2D eigenvalue weighted by Crippen LogP contribution is 2.27. The molecule has 0 unspecified atom stereocenters. The van der Waals surface area contributed by atoms with E-state index in [1.165, 1.54) is 12.0 Å². The van der Waals surface area contributed by atoms with Gasteiger partial charge in [0.1, 0.15) is 0 Å². The van der Waals surface area contributed by atoms with E-state index >= 15 is 0 Å². The zero-order valence-electron chi connectivity index (χ0n) is 18.2. The highest BCUT2D eigenvalue weighted by molar-refractivity contribution is 5.94. The van der Waals surface area contributed by atoms with Crippen LogP contribution >= 0.6 is 0 Å². The van der Waals surface area contributed by atoms with Crippen LogP contribution in [0.5, 0.6) is 0 Å². The summed E-state index contributed by atoms with van der Waals surface area (Å²) in [5, 5.41) is 3.14. The molecule has 0 radical (unpaired) electrons. The second kappa shape index (κ2) is 10.2. The molecule has 0 spiro atoms. The Morgan fingerprint density at radius 1 is 0.931 bits per heavy atom. The number of carbonyl (C=O) groups excluding carboxylic acids is 2. The molecular weight excluding hydrogens is 364 g/mol. The number of amides is 2. The summed E-state index contributed by atoms with van der Waals surface area (Å²) in [7, 11) is 0. The lowest BCUT2D eigenvalue weighted by Crippen LogP contribution is -2.51. The number of nitrogens with zero attached hydrogens (tertiary/aromatic N) is 3. The normalized spacial score (nSPS) is 18.8. The van der Waals surface area contributed by atoms with Crippen LogP contribution in [0.15, 0.2) is 18.2 Å². The Kier molecular flexibility index (Phi) is 7.67. The maximum absolute atomic E-state index is 12.6. The van der Waals surface area contributed by atoms with Gasteiger partial charge in [-0.3, -0.25) is 19.4 Å². The number of rotatable bonds is 6. The number of hydrogen-bond donors (Lipinski definition) is 1. The zero-order chi connectivity index (χ0) is 20.8. The van der Waals surface area contributed by atoms with Crippen molar-refractivity contribution in [1.29, 1.82) is 0 Å². The first-order chi connectivity index (χ1) is 13.9. The molecular formula is C23H36N4O2. The van der Waals surface area contributed by atoms with Gasteiger partial charge in [0.2, 0.25) is 11.8 Å². The van der Waals surface area contributed by atoms with Crippen LogP contribution in [-0.4, -0.2) is 78.9 Å². The number of para-hydroxylation sites is 1. The van der Waals surface area contributed by atoms with Crippen molar-refractivity contribution in [3.63, 3.8) is 0 Å². The number of aryl methyl sites for hydroxylation is 1. The van der Waals surface area contributed by atoms with Crippen LogP contribution in [0.4, 0.5) is 5.69 Å². The van der Waals surface area contributed by atoms with Gasteiger partial charge in [-0.1, -0.05) is 32.0 Å². The van der Waals surface area contributed by atoms with Crippen molar-refractivity contribution >= 4 is 17.5 Å². The Morgan fingerprint density at radius 2 is 1.55 bits per heavy atom. The van der Waals surface area contributed by atoms with E-state index in [1.807, 2.05) is 24.0 Å². The molecule has 0 saturated carbocycles. The van der Waals surface area contributed by atoms with Gasteiger partial charge in [-0.2, -0.15) is 0 Å². The first-order valence-electron chi connectivity index (χ1n) is 11.1. The number of piperidine rings is 1. The number of anilines is 1. The molecule has 2 heterocycles. The fourth-order valence-electron chi connectivity index (χ4n) is 4.26. The van der Waals surface area contributed by atoms with Gasteiger partial charge in [-0.15, -0.1) is 0 Å². The molecule has 1 aromatic rings. The van der Waals surface area contributed by atoms with Crippen LogP contribution in [0.1, 0.15) is 50.2 Å². The fraction of sp³-hybridized carbons (Fsp3) is 0.652. The molecule has 0 atom stereocenters. The third-order valence-corrected chi connectivity index (χ3v) is 6.09. The average molecular weight is 401 g/mol. The van der Waals surface area contributed by atoms with E-state index in [9.17, 15) is 9.59 Å². The largest absolute Gasteiger partial charge is 0.342 e. The first kappa shape index (κ1) is 21.8. The first-order valence-corrected chi connectivity index (χ1v) is 11.1. The predicted molar refractivity (Wildman–Crippen MR) is 117 cm³/mol. The van der Waals surface area contributed by atoms with Gasteiger partial charge in [0.25, 0.3) is 0 Å². The van der Waals surface area contributed by atoms with Gasteiger partial charge in [0.15, 0.2) is 0 Å². The van der Waals surface area contributed by atoms with Gasteiger partial charge in [0, 0.05) is 45.0 Å². The van der Waals surface area contributed by atoms with Gasteiger partial charge in [-0.05, 0) is 43.2 Å². The van der Waals surface area contributed by atoms with Crippen LogP contribution in [0.3, 0.4) is 0 Å². The third kappa shape index (κ3) is 6.03. The van der Waals surface area contributed by atoms with Gasteiger partial charge < -0.3 is 10.2 Å². The molecule has 6 nitrogen and oxygen atoms in total. The Morgan fingerprint density at radius 3 is 2.17 bits per heavy atom. The maximum Gasteiger partial charge on any atom is 0.238 e. The van der Waals surface area contributed by atoms with Crippen LogP contribution in [0, 0.1) is 6.92 Å². The molecule has 3 rings (SSSR count). The second-order valence-electron chi connectivity index (χ2n) is 8.74. The highest BCUT2D eigenvalue weighted by Gasteiger charge is 2.24. The molecule has 2 fully saturated rings. The van der Waals surface area contributed by atoms with E-state index in [0.29, 0.717) is 19.0 Å². The molecule has 2 amide bonds. The Balaban J connectivity index is 1.45. The molecule has 1 N–H and O–H groups in total. The minimum atomic E-state index is 0.0408. The monoisotopic (exact) mass is 400 g/mol. The molecule has 0 aromatic heterocycles. The SMILES string of the molecule is Cc1cccc(C(C)C)c1NC(=O)CN1CCN(CC(=O)N2CCCCC2)CC1. The number of nitrogens with one attached hydrogen (secondary N) is 1. The maximum atomic E-state index is 12.6. The molecule has 0 bridgehead atoms. The summed E-state index contributed by atoms with van der Waals surface area (Å²) in [5.41, 5.74) is 3.24.